The van der Waals surface area contributed by atoms with Gasteiger partial charge in [-0.3, -0.25) is 4.90 Å². The van der Waals surface area contributed by atoms with Crippen molar-refractivity contribution in [3.8, 4) is 17.0 Å². The van der Waals surface area contributed by atoms with Gasteiger partial charge in [0, 0.05) is 47.7 Å². The van der Waals surface area contributed by atoms with Gasteiger partial charge in [0.05, 0.1) is 0 Å². The lowest BCUT2D eigenvalue weighted by Gasteiger charge is -2.14. The fraction of sp³-hybridized carbons (Fsp3) is 0.333. The molecule has 1 aliphatic heterocycles. The number of pyridine rings is 2. The van der Waals surface area contributed by atoms with Gasteiger partial charge in [-0.05, 0) is 44.1 Å². The van der Waals surface area contributed by atoms with Crippen LogP contribution in [0.4, 0.5) is 0 Å². The Kier molecular flexibility index (Phi) is 3.94. The Morgan fingerprint density at radius 2 is 1.91 bits per heavy atom. The van der Waals surface area contributed by atoms with E-state index < -0.39 is 0 Å². The lowest BCUT2D eigenvalue weighted by molar-refractivity contribution is 0.232. The highest BCUT2D eigenvalue weighted by Gasteiger charge is 2.11. The summed E-state index contributed by atoms with van der Waals surface area (Å²) in [6.45, 7) is 4.08. The Morgan fingerprint density at radius 1 is 1.04 bits per heavy atom. The van der Waals surface area contributed by atoms with Gasteiger partial charge in [-0.25, -0.2) is 9.97 Å². The zero-order valence-electron chi connectivity index (χ0n) is 13.0. The molecule has 5 nitrogen and oxygen atoms in total. The van der Waals surface area contributed by atoms with E-state index in [1.165, 1.54) is 25.9 Å². The fourth-order valence-corrected chi connectivity index (χ4v) is 3.02. The van der Waals surface area contributed by atoms with Gasteiger partial charge in [-0.2, -0.15) is 0 Å². The molecule has 3 aromatic rings. The van der Waals surface area contributed by atoms with Crippen molar-refractivity contribution >= 4 is 11.0 Å². The second-order valence-corrected chi connectivity index (χ2v) is 5.92. The maximum Gasteiger partial charge on any atom is 0.213 e. The summed E-state index contributed by atoms with van der Waals surface area (Å²) in [5, 5.41) is 1.11. The highest BCUT2D eigenvalue weighted by atomic mass is 16.5. The van der Waals surface area contributed by atoms with Crippen LogP contribution >= 0.6 is 0 Å². The molecule has 0 spiro atoms. The maximum atomic E-state index is 5.74. The monoisotopic (exact) mass is 308 g/mol. The molecule has 1 fully saturated rings. The molecule has 4 rings (SSSR count). The van der Waals surface area contributed by atoms with Gasteiger partial charge in [-0.15, -0.1) is 0 Å². The Hall–Kier alpha value is -2.40. The van der Waals surface area contributed by atoms with E-state index in [0.717, 1.165) is 28.7 Å². The largest absolute Gasteiger partial charge is 0.476 e. The summed E-state index contributed by atoms with van der Waals surface area (Å²) < 4.78 is 5.74. The Morgan fingerprint density at radius 3 is 2.74 bits per heavy atom. The summed E-state index contributed by atoms with van der Waals surface area (Å²) in [5.74, 6) is 0.684. The summed E-state index contributed by atoms with van der Waals surface area (Å²) >= 11 is 0. The van der Waals surface area contributed by atoms with E-state index in [9.17, 15) is 0 Å². The summed E-state index contributed by atoms with van der Waals surface area (Å²) in [7, 11) is 0. The number of hydrogen-bond donors (Lipinski definition) is 1. The van der Waals surface area contributed by atoms with Crippen molar-refractivity contribution in [2.45, 2.75) is 12.8 Å². The van der Waals surface area contributed by atoms with Gasteiger partial charge in [0.2, 0.25) is 5.88 Å². The molecule has 3 aromatic heterocycles. The average molecular weight is 308 g/mol. The fourth-order valence-electron chi connectivity index (χ4n) is 3.02. The molecule has 0 atom stereocenters. The van der Waals surface area contributed by atoms with Crippen molar-refractivity contribution in [3.63, 3.8) is 0 Å². The first-order chi connectivity index (χ1) is 11.4. The molecule has 0 radical (unpaired) electrons. The van der Waals surface area contributed by atoms with Crippen molar-refractivity contribution < 1.29 is 4.74 Å². The van der Waals surface area contributed by atoms with E-state index in [2.05, 4.69) is 25.9 Å². The molecule has 1 N–H and O–H groups in total. The summed E-state index contributed by atoms with van der Waals surface area (Å²) in [6, 6.07) is 8.10. The van der Waals surface area contributed by atoms with Gasteiger partial charge < -0.3 is 9.72 Å². The maximum absolute atomic E-state index is 5.74. The number of likely N-dealkylation sites (tertiary alicyclic amines) is 1. The highest BCUT2D eigenvalue weighted by Crippen LogP contribution is 2.23. The van der Waals surface area contributed by atoms with Crippen molar-refractivity contribution in [1.82, 2.24) is 19.9 Å². The van der Waals surface area contributed by atoms with E-state index in [1.54, 1.807) is 0 Å². The molecular formula is C18H20N4O. The van der Waals surface area contributed by atoms with Crippen LogP contribution in [0.25, 0.3) is 22.2 Å². The lowest BCUT2D eigenvalue weighted by atomic mass is 10.1. The number of ether oxygens (including phenoxy) is 1. The van der Waals surface area contributed by atoms with E-state index >= 15 is 0 Å². The first-order valence-corrected chi connectivity index (χ1v) is 8.13. The highest BCUT2D eigenvalue weighted by molar-refractivity contribution is 5.81. The minimum absolute atomic E-state index is 0.684. The Balaban J connectivity index is 1.40. The van der Waals surface area contributed by atoms with Crippen LogP contribution in [0.3, 0.4) is 0 Å². The number of nitrogens with zero attached hydrogens (tertiary/aromatic N) is 3. The summed E-state index contributed by atoms with van der Waals surface area (Å²) in [5.41, 5.74) is 3.02. The molecule has 1 saturated heterocycles. The molecule has 0 saturated carbocycles. The molecule has 0 unspecified atom stereocenters. The quantitative estimate of drug-likeness (QED) is 0.787. The normalized spacial score (nSPS) is 15.3. The molecule has 23 heavy (non-hydrogen) atoms. The molecular weight excluding hydrogens is 288 g/mol. The van der Waals surface area contributed by atoms with Crippen LogP contribution in [0.2, 0.25) is 0 Å². The second-order valence-electron chi connectivity index (χ2n) is 5.92. The third-order valence-corrected chi connectivity index (χ3v) is 4.33. The van der Waals surface area contributed by atoms with E-state index in [0.29, 0.717) is 12.5 Å². The van der Waals surface area contributed by atoms with E-state index in [4.69, 9.17) is 4.74 Å². The van der Waals surface area contributed by atoms with Crippen LogP contribution in [-0.2, 0) is 0 Å². The van der Waals surface area contributed by atoms with Crippen LogP contribution in [0.5, 0.6) is 5.88 Å². The molecule has 1 aliphatic rings. The molecule has 0 aliphatic carbocycles. The van der Waals surface area contributed by atoms with Crippen LogP contribution in [0.1, 0.15) is 12.8 Å². The first kappa shape index (κ1) is 14.2. The molecule has 0 amide bonds. The number of aromatic nitrogens is 3. The van der Waals surface area contributed by atoms with Gasteiger partial charge in [0.25, 0.3) is 0 Å². The smallest absolute Gasteiger partial charge is 0.213 e. The molecule has 5 heteroatoms. The molecule has 4 heterocycles. The number of aromatic amines is 1. The zero-order valence-corrected chi connectivity index (χ0v) is 13.0. The van der Waals surface area contributed by atoms with Crippen LogP contribution in [0.15, 0.2) is 42.9 Å². The molecule has 0 aromatic carbocycles. The predicted octanol–water partition coefficient (Wildman–Crippen LogP) is 3.10. The minimum Gasteiger partial charge on any atom is -0.476 e. The van der Waals surface area contributed by atoms with Crippen molar-refractivity contribution in [1.29, 1.82) is 0 Å². The van der Waals surface area contributed by atoms with Gasteiger partial charge in [-0.1, -0.05) is 0 Å². The van der Waals surface area contributed by atoms with E-state index in [-0.39, 0.29) is 0 Å². The van der Waals surface area contributed by atoms with Gasteiger partial charge in [0.1, 0.15) is 12.3 Å². The first-order valence-electron chi connectivity index (χ1n) is 8.13. The number of hydrogen-bond acceptors (Lipinski definition) is 4. The second kappa shape index (κ2) is 6.38. The van der Waals surface area contributed by atoms with Crippen LogP contribution < -0.4 is 4.74 Å². The van der Waals surface area contributed by atoms with Gasteiger partial charge >= 0.3 is 0 Å². The topological polar surface area (TPSA) is 54.0 Å². The summed E-state index contributed by atoms with van der Waals surface area (Å²) in [6.07, 6.45) is 8.24. The number of nitrogens with one attached hydrogen (secondary N) is 1. The average Bonchev–Trinajstić information content (AvgIpc) is 3.26. The lowest BCUT2D eigenvalue weighted by Crippen LogP contribution is -2.25. The third-order valence-electron chi connectivity index (χ3n) is 4.33. The number of fused-ring (bicyclic) bond motifs is 1. The SMILES string of the molecule is c1cc2cc(-c3ccc(OCCN4CCCC4)nc3)cnc2[nH]1. The minimum atomic E-state index is 0.684. The third kappa shape index (κ3) is 3.19. The standard InChI is InChI=1S/C18H20N4O/c1-2-8-22(7-1)9-10-23-17-4-3-15(12-20-17)16-11-14-5-6-19-18(14)21-13-16/h3-6,11-13H,1-2,7-10H2,(H,19,21). The van der Waals surface area contributed by atoms with Crippen LogP contribution in [-0.4, -0.2) is 46.1 Å². The number of rotatable bonds is 5. The number of H-pyrrole nitrogens is 1. The Bertz CT molecular complexity index is 775. The molecule has 0 bridgehead atoms. The van der Waals surface area contributed by atoms with E-state index in [1.807, 2.05) is 36.8 Å². The van der Waals surface area contributed by atoms with Crippen molar-refractivity contribution in [2.75, 3.05) is 26.2 Å². The zero-order chi connectivity index (χ0) is 15.5. The summed E-state index contributed by atoms with van der Waals surface area (Å²) in [4.78, 5) is 14.4. The van der Waals surface area contributed by atoms with Crippen molar-refractivity contribution in [3.05, 3.63) is 42.9 Å². The predicted molar refractivity (Wildman–Crippen MR) is 90.5 cm³/mol. The van der Waals surface area contributed by atoms with Gasteiger partial charge in [0.15, 0.2) is 0 Å². The molecule has 118 valence electrons. The van der Waals surface area contributed by atoms with Crippen molar-refractivity contribution in [2.24, 2.45) is 0 Å². The van der Waals surface area contributed by atoms with Crippen LogP contribution in [0, 0.1) is 0 Å². The Labute approximate surface area is 135 Å².